The summed E-state index contributed by atoms with van der Waals surface area (Å²) in [5.41, 5.74) is 3.82. The Bertz CT molecular complexity index is 733. The number of amides is 1. The number of carbonyl (C=O) groups is 1. The van der Waals surface area contributed by atoms with Gasteiger partial charge in [-0.1, -0.05) is 12.1 Å². The van der Waals surface area contributed by atoms with Gasteiger partial charge in [-0.15, -0.1) is 0 Å². The molecule has 0 spiro atoms. The number of H-pyrrole nitrogens is 1. The number of hydrogen-bond donors (Lipinski definition) is 2. The van der Waals surface area contributed by atoms with Crippen molar-refractivity contribution in [1.29, 1.82) is 0 Å². The predicted molar refractivity (Wildman–Crippen MR) is 89.7 cm³/mol. The Morgan fingerprint density at radius 1 is 1.22 bits per heavy atom. The van der Waals surface area contributed by atoms with Crippen molar-refractivity contribution in [3.05, 3.63) is 68.6 Å². The van der Waals surface area contributed by atoms with Crippen molar-refractivity contribution in [3.63, 3.8) is 0 Å². The average Bonchev–Trinajstić information content (AvgIpc) is 2.52. The second-order valence-corrected chi connectivity index (χ2v) is 5.57. The summed E-state index contributed by atoms with van der Waals surface area (Å²) in [4.78, 5) is 26.9. The van der Waals surface area contributed by atoms with Crippen molar-refractivity contribution in [1.82, 2.24) is 10.3 Å². The van der Waals surface area contributed by atoms with Crippen LogP contribution in [0.4, 0.5) is 0 Å². The highest BCUT2D eigenvalue weighted by Crippen LogP contribution is 2.07. The number of aromatic amines is 1. The number of aryl methyl sites for hydroxylation is 2. The van der Waals surface area contributed by atoms with Crippen molar-refractivity contribution < 1.29 is 9.53 Å². The van der Waals surface area contributed by atoms with Crippen LogP contribution in [0.2, 0.25) is 0 Å². The van der Waals surface area contributed by atoms with Crippen LogP contribution in [0.5, 0.6) is 0 Å². The SMILES string of the molecule is COCCc1ccc(C(=O)NCc2c(C)cc(C)[nH]c2=O)cc1. The monoisotopic (exact) mass is 314 g/mol. The smallest absolute Gasteiger partial charge is 0.253 e. The van der Waals surface area contributed by atoms with E-state index in [9.17, 15) is 9.59 Å². The van der Waals surface area contributed by atoms with Gasteiger partial charge in [-0.2, -0.15) is 0 Å². The van der Waals surface area contributed by atoms with Crippen molar-refractivity contribution in [2.24, 2.45) is 0 Å². The molecule has 2 aromatic rings. The number of ether oxygens (including phenoxy) is 1. The Morgan fingerprint density at radius 2 is 1.91 bits per heavy atom. The molecule has 1 amide bonds. The van der Waals surface area contributed by atoms with E-state index >= 15 is 0 Å². The Hall–Kier alpha value is -2.40. The van der Waals surface area contributed by atoms with Crippen LogP contribution < -0.4 is 10.9 Å². The molecule has 0 radical (unpaired) electrons. The van der Waals surface area contributed by atoms with Crippen LogP contribution in [0.1, 0.15) is 32.7 Å². The molecule has 5 nitrogen and oxygen atoms in total. The molecule has 0 aliphatic heterocycles. The molecule has 0 saturated carbocycles. The topological polar surface area (TPSA) is 71.2 Å². The van der Waals surface area contributed by atoms with Gasteiger partial charge < -0.3 is 15.0 Å². The summed E-state index contributed by atoms with van der Waals surface area (Å²) in [5, 5.41) is 2.80. The molecular formula is C18H22N2O3. The quantitative estimate of drug-likeness (QED) is 0.858. The van der Waals surface area contributed by atoms with Gasteiger partial charge in [0, 0.05) is 30.5 Å². The maximum atomic E-state index is 12.2. The van der Waals surface area contributed by atoms with Gasteiger partial charge in [-0.05, 0) is 49.6 Å². The number of hydrogen-bond acceptors (Lipinski definition) is 3. The average molecular weight is 314 g/mol. The molecule has 0 atom stereocenters. The molecule has 0 bridgehead atoms. The second kappa shape index (κ2) is 7.74. The van der Waals surface area contributed by atoms with E-state index in [0.717, 1.165) is 23.2 Å². The summed E-state index contributed by atoms with van der Waals surface area (Å²) >= 11 is 0. The normalized spacial score (nSPS) is 10.6. The van der Waals surface area contributed by atoms with Crippen LogP contribution in [-0.2, 0) is 17.7 Å². The summed E-state index contributed by atoms with van der Waals surface area (Å²) < 4.78 is 5.03. The molecule has 2 N–H and O–H groups in total. The van der Waals surface area contributed by atoms with Crippen LogP contribution in [0.15, 0.2) is 35.1 Å². The highest BCUT2D eigenvalue weighted by atomic mass is 16.5. The van der Waals surface area contributed by atoms with Crippen molar-refractivity contribution in [3.8, 4) is 0 Å². The molecule has 5 heteroatoms. The Morgan fingerprint density at radius 3 is 2.52 bits per heavy atom. The Balaban J connectivity index is 2.01. The van der Waals surface area contributed by atoms with Crippen LogP contribution in [0.25, 0.3) is 0 Å². The van der Waals surface area contributed by atoms with Gasteiger partial charge in [0.2, 0.25) is 0 Å². The standard InChI is InChI=1S/C18H22N2O3/c1-12-10-13(2)20-18(22)16(12)11-19-17(21)15-6-4-14(5-7-15)8-9-23-3/h4-7,10H,8-9,11H2,1-3H3,(H,19,21)(H,20,22). The summed E-state index contributed by atoms with van der Waals surface area (Å²) in [6, 6.07) is 9.29. The first kappa shape index (κ1) is 17.0. The predicted octanol–water partition coefficient (Wildman–Crippen LogP) is 2.11. The van der Waals surface area contributed by atoms with E-state index in [-0.39, 0.29) is 18.0 Å². The third-order valence-electron chi connectivity index (χ3n) is 3.73. The lowest BCUT2D eigenvalue weighted by Gasteiger charge is -2.09. The minimum Gasteiger partial charge on any atom is -0.384 e. The molecule has 122 valence electrons. The van der Waals surface area contributed by atoms with Crippen LogP contribution >= 0.6 is 0 Å². The largest absolute Gasteiger partial charge is 0.384 e. The van der Waals surface area contributed by atoms with Gasteiger partial charge in [0.05, 0.1) is 6.61 Å². The third kappa shape index (κ3) is 4.53. The van der Waals surface area contributed by atoms with E-state index in [4.69, 9.17) is 4.74 Å². The van der Waals surface area contributed by atoms with Crippen molar-refractivity contribution in [2.75, 3.05) is 13.7 Å². The zero-order valence-corrected chi connectivity index (χ0v) is 13.7. The van der Waals surface area contributed by atoms with Crippen LogP contribution in [0, 0.1) is 13.8 Å². The van der Waals surface area contributed by atoms with Crippen LogP contribution in [0.3, 0.4) is 0 Å². The van der Waals surface area contributed by atoms with Crippen molar-refractivity contribution >= 4 is 5.91 Å². The molecule has 0 saturated heterocycles. The summed E-state index contributed by atoms with van der Waals surface area (Å²) in [6.45, 7) is 4.57. The molecule has 2 rings (SSSR count). The molecular weight excluding hydrogens is 292 g/mol. The minimum absolute atomic E-state index is 0.155. The Kier molecular flexibility index (Phi) is 5.71. The van der Waals surface area contributed by atoms with E-state index < -0.39 is 0 Å². The molecule has 0 aliphatic carbocycles. The molecule has 0 aliphatic rings. The zero-order chi connectivity index (χ0) is 16.8. The molecule has 1 aromatic heterocycles. The van der Waals surface area contributed by atoms with Gasteiger partial charge in [0.1, 0.15) is 0 Å². The highest BCUT2D eigenvalue weighted by molar-refractivity contribution is 5.94. The fourth-order valence-electron chi connectivity index (χ4n) is 2.41. The van der Waals surface area contributed by atoms with Gasteiger partial charge in [0.25, 0.3) is 11.5 Å². The van der Waals surface area contributed by atoms with Gasteiger partial charge in [0.15, 0.2) is 0 Å². The number of pyridine rings is 1. The lowest BCUT2D eigenvalue weighted by Crippen LogP contribution is -2.27. The highest BCUT2D eigenvalue weighted by Gasteiger charge is 2.09. The van der Waals surface area contributed by atoms with E-state index in [0.29, 0.717) is 17.7 Å². The van der Waals surface area contributed by atoms with Gasteiger partial charge >= 0.3 is 0 Å². The Labute approximate surface area is 135 Å². The molecule has 1 aromatic carbocycles. The molecule has 0 fully saturated rings. The number of rotatable bonds is 6. The number of carbonyl (C=O) groups excluding carboxylic acids is 1. The zero-order valence-electron chi connectivity index (χ0n) is 13.7. The van der Waals surface area contributed by atoms with Gasteiger partial charge in [-0.25, -0.2) is 0 Å². The second-order valence-electron chi connectivity index (χ2n) is 5.57. The third-order valence-corrected chi connectivity index (χ3v) is 3.73. The van der Waals surface area contributed by atoms with Crippen molar-refractivity contribution in [2.45, 2.75) is 26.8 Å². The summed E-state index contributed by atoms with van der Waals surface area (Å²) in [7, 11) is 1.66. The lowest BCUT2D eigenvalue weighted by atomic mass is 10.1. The van der Waals surface area contributed by atoms with Gasteiger partial charge in [-0.3, -0.25) is 9.59 Å². The summed E-state index contributed by atoms with van der Waals surface area (Å²) in [5.74, 6) is -0.192. The number of nitrogens with one attached hydrogen (secondary N) is 2. The minimum atomic E-state index is -0.192. The number of methoxy groups -OCH3 is 1. The molecule has 1 heterocycles. The van der Waals surface area contributed by atoms with E-state index in [2.05, 4.69) is 10.3 Å². The molecule has 0 unspecified atom stereocenters. The fraction of sp³-hybridized carbons (Fsp3) is 0.333. The van der Waals surface area contributed by atoms with E-state index in [1.807, 2.05) is 32.0 Å². The van der Waals surface area contributed by atoms with E-state index in [1.54, 1.807) is 19.2 Å². The first-order valence-corrected chi connectivity index (χ1v) is 7.56. The number of benzene rings is 1. The maximum Gasteiger partial charge on any atom is 0.253 e. The number of aromatic nitrogens is 1. The summed E-state index contributed by atoms with van der Waals surface area (Å²) in [6.07, 6.45) is 0.816. The molecule has 23 heavy (non-hydrogen) atoms. The van der Waals surface area contributed by atoms with E-state index in [1.165, 1.54) is 0 Å². The van der Waals surface area contributed by atoms with Crippen LogP contribution in [-0.4, -0.2) is 24.6 Å². The fourth-order valence-corrected chi connectivity index (χ4v) is 2.41. The maximum absolute atomic E-state index is 12.2. The first-order valence-electron chi connectivity index (χ1n) is 7.56. The lowest BCUT2D eigenvalue weighted by molar-refractivity contribution is 0.0950. The first-order chi connectivity index (χ1) is 11.0.